The molecular weight excluding hydrogens is 426 g/mol. The number of aromatic hydroxyl groups is 1. The predicted molar refractivity (Wildman–Crippen MR) is 117 cm³/mol. The van der Waals surface area contributed by atoms with Crippen molar-refractivity contribution in [3.8, 4) is 22.9 Å². The summed E-state index contributed by atoms with van der Waals surface area (Å²) in [4.78, 5) is 12.5. The number of aryl methyl sites for hydroxylation is 1. The minimum absolute atomic E-state index is 0.0665. The molecule has 1 atom stereocenters. The third-order valence-electron chi connectivity index (χ3n) is 4.87. The molecule has 1 aromatic heterocycles. The van der Waals surface area contributed by atoms with E-state index >= 15 is 0 Å². The third-order valence-corrected chi connectivity index (χ3v) is 6.37. The Labute approximate surface area is 182 Å². The SMILES string of the molecule is COc1cc([C@H]2SCC(=O)Nc3c2c(C)nn3-c2cccc(Cl)c2)cc(OC)c1O. The fourth-order valence-electron chi connectivity index (χ4n) is 3.51. The average molecular weight is 446 g/mol. The molecule has 0 radical (unpaired) electrons. The standard InChI is InChI=1S/C21H20ClN3O4S/c1-11-18-20(12-7-15(28-2)19(27)16(8-12)29-3)30-10-17(26)23-21(18)25(24-11)14-6-4-5-13(22)9-14/h4-9,20,27H,10H2,1-3H3,(H,23,26)/t20-/m1/s1. The summed E-state index contributed by atoms with van der Waals surface area (Å²) in [6, 6.07) is 10.8. The summed E-state index contributed by atoms with van der Waals surface area (Å²) in [6.07, 6.45) is 0. The Kier molecular flexibility index (Phi) is 5.53. The molecule has 1 amide bonds. The maximum absolute atomic E-state index is 12.5. The molecule has 2 aromatic carbocycles. The summed E-state index contributed by atoms with van der Waals surface area (Å²) >= 11 is 7.64. The van der Waals surface area contributed by atoms with E-state index in [4.69, 9.17) is 21.1 Å². The topological polar surface area (TPSA) is 85.6 Å². The van der Waals surface area contributed by atoms with Crippen LogP contribution in [0.1, 0.15) is 22.1 Å². The van der Waals surface area contributed by atoms with Crippen molar-refractivity contribution in [2.45, 2.75) is 12.2 Å². The first-order valence-electron chi connectivity index (χ1n) is 9.14. The van der Waals surface area contributed by atoms with Crippen LogP contribution < -0.4 is 14.8 Å². The molecule has 0 fully saturated rings. The molecule has 7 nitrogen and oxygen atoms in total. The largest absolute Gasteiger partial charge is 0.502 e. The van der Waals surface area contributed by atoms with Gasteiger partial charge in [-0.3, -0.25) is 4.79 Å². The van der Waals surface area contributed by atoms with E-state index in [0.29, 0.717) is 22.3 Å². The van der Waals surface area contributed by atoms with Gasteiger partial charge >= 0.3 is 0 Å². The van der Waals surface area contributed by atoms with E-state index in [2.05, 4.69) is 10.4 Å². The summed E-state index contributed by atoms with van der Waals surface area (Å²) in [5.41, 5.74) is 3.23. The molecule has 4 rings (SSSR count). The van der Waals surface area contributed by atoms with Gasteiger partial charge in [0.1, 0.15) is 5.82 Å². The highest BCUT2D eigenvalue weighted by atomic mass is 35.5. The second-order valence-corrected chi connectivity index (χ2v) is 8.28. The summed E-state index contributed by atoms with van der Waals surface area (Å²) in [5.74, 6) is 1.28. The Bertz CT molecular complexity index is 1110. The van der Waals surface area contributed by atoms with Crippen LogP contribution in [0, 0.1) is 6.92 Å². The quantitative estimate of drug-likeness (QED) is 0.621. The van der Waals surface area contributed by atoms with Crippen molar-refractivity contribution < 1.29 is 19.4 Å². The zero-order chi connectivity index (χ0) is 21.4. The molecule has 1 aliphatic heterocycles. The van der Waals surface area contributed by atoms with Gasteiger partial charge in [-0.25, -0.2) is 4.68 Å². The first kappa shape index (κ1) is 20.4. The lowest BCUT2D eigenvalue weighted by Gasteiger charge is -2.18. The van der Waals surface area contributed by atoms with Gasteiger partial charge in [0.25, 0.3) is 0 Å². The van der Waals surface area contributed by atoms with Gasteiger partial charge in [-0.1, -0.05) is 17.7 Å². The molecule has 156 valence electrons. The Balaban J connectivity index is 1.91. The fraction of sp³-hybridized carbons (Fsp3) is 0.238. The van der Waals surface area contributed by atoms with E-state index < -0.39 is 0 Å². The molecule has 0 spiro atoms. The summed E-state index contributed by atoms with van der Waals surface area (Å²) in [6.45, 7) is 1.90. The van der Waals surface area contributed by atoms with Gasteiger partial charge in [0.2, 0.25) is 11.7 Å². The fourth-order valence-corrected chi connectivity index (χ4v) is 4.86. The van der Waals surface area contributed by atoms with Crippen LogP contribution in [0.15, 0.2) is 36.4 Å². The van der Waals surface area contributed by atoms with Gasteiger partial charge in [0, 0.05) is 10.6 Å². The van der Waals surface area contributed by atoms with Crippen LogP contribution in [0.5, 0.6) is 17.2 Å². The van der Waals surface area contributed by atoms with Gasteiger partial charge in [-0.05, 0) is 42.8 Å². The molecule has 0 saturated carbocycles. The van der Waals surface area contributed by atoms with Crippen molar-refractivity contribution in [1.29, 1.82) is 0 Å². The number of fused-ring (bicyclic) bond motifs is 1. The highest BCUT2D eigenvalue weighted by Gasteiger charge is 2.31. The number of aromatic nitrogens is 2. The number of benzene rings is 2. The van der Waals surface area contributed by atoms with Crippen molar-refractivity contribution in [2.75, 3.05) is 25.3 Å². The van der Waals surface area contributed by atoms with Crippen LogP contribution in [0.3, 0.4) is 0 Å². The number of rotatable bonds is 4. The average Bonchev–Trinajstić information content (AvgIpc) is 2.93. The van der Waals surface area contributed by atoms with Crippen molar-refractivity contribution in [3.63, 3.8) is 0 Å². The Morgan fingerprint density at radius 3 is 2.57 bits per heavy atom. The maximum atomic E-state index is 12.5. The zero-order valence-corrected chi connectivity index (χ0v) is 18.2. The summed E-state index contributed by atoms with van der Waals surface area (Å²) in [5, 5.41) is 18.3. The third kappa shape index (κ3) is 3.57. The molecule has 0 unspecified atom stereocenters. The number of phenols is 1. The highest BCUT2D eigenvalue weighted by molar-refractivity contribution is 8.00. The molecule has 0 bridgehead atoms. The second kappa shape index (κ2) is 8.12. The number of amides is 1. The van der Waals surface area contributed by atoms with Crippen molar-refractivity contribution in [3.05, 3.63) is 58.2 Å². The van der Waals surface area contributed by atoms with Crippen LogP contribution in [0.2, 0.25) is 5.02 Å². The van der Waals surface area contributed by atoms with Crippen LogP contribution in [-0.4, -0.2) is 40.8 Å². The number of anilines is 1. The lowest BCUT2D eigenvalue weighted by atomic mass is 10.0. The molecular formula is C21H20ClN3O4S. The Morgan fingerprint density at radius 2 is 1.93 bits per heavy atom. The Hall–Kier alpha value is -2.84. The smallest absolute Gasteiger partial charge is 0.235 e. The van der Waals surface area contributed by atoms with Crippen molar-refractivity contribution in [1.82, 2.24) is 9.78 Å². The van der Waals surface area contributed by atoms with E-state index in [-0.39, 0.29) is 22.7 Å². The molecule has 2 heterocycles. The lowest BCUT2D eigenvalue weighted by molar-refractivity contribution is -0.113. The van der Waals surface area contributed by atoms with E-state index in [0.717, 1.165) is 22.5 Å². The first-order chi connectivity index (χ1) is 14.4. The number of thioether (sulfide) groups is 1. The number of nitrogens with one attached hydrogen (secondary N) is 1. The van der Waals surface area contributed by atoms with Gasteiger partial charge in [0.05, 0.1) is 36.6 Å². The lowest BCUT2D eigenvalue weighted by Crippen LogP contribution is -2.15. The van der Waals surface area contributed by atoms with E-state index in [1.54, 1.807) is 28.9 Å². The van der Waals surface area contributed by atoms with Gasteiger partial charge < -0.3 is 19.9 Å². The number of methoxy groups -OCH3 is 2. The molecule has 1 aliphatic rings. The highest BCUT2D eigenvalue weighted by Crippen LogP contribution is 2.48. The Morgan fingerprint density at radius 1 is 1.23 bits per heavy atom. The van der Waals surface area contributed by atoms with E-state index in [1.165, 1.54) is 26.0 Å². The minimum atomic E-state index is -0.227. The number of carbonyl (C=O) groups is 1. The van der Waals surface area contributed by atoms with Gasteiger partial charge in [0.15, 0.2) is 11.5 Å². The van der Waals surface area contributed by atoms with Crippen LogP contribution in [0.25, 0.3) is 5.69 Å². The molecule has 0 saturated heterocycles. The second-order valence-electron chi connectivity index (χ2n) is 6.75. The summed E-state index contributed by atoms with van der Waals surface area (Å²) in [7, 11) is 2.97. The first-order valence-corrected chi connectivity index (χ1v) is 10.6. The van der Waals surface area contributed by atoms with Crippen LogP contribution >= 0.6 is 23.4 Å². The van der Waals surface area contributed by atoms with Crippen molar-refractivity contribution >= 4 is 35.1 Å². The van der Waals surface area contributed by atoms with Crippen LogP contribution in [0.4, 0.5) is 5.82 Å². The number of carbonyl (C=O) groups excluding carboxylic acids is 1. The number of phenolic OH excluding ortho intramolecular Hbond substituents is 1. The zero-order valence-electron chi connectivity index (χ0n) is 16.6. The number of hydrogen-bond acceptors (Lipinski definition) is 6. The van der Waals surface area contributed by atoms with Crippen molar-refractivity contribution in [2.24, 2.45) is 0 Å². The number of hydrogen-bond donors (Lipinski definition) is 2. The molecule has 30 heavy (non-hydrogen) atoms. The monoisotopic (exact) mass is 445 g/mol. The van der Waals surface area contributed by atoms with Crippen LogP contribution in [-0.2, 0) is 4.79 Å². The van der Waals surface area contributed by atoms with E-state index in [9.17, 15) is 9.90 Å². The van der Waals surface area contributed by atoms with Gasteiger partial charge in [-0.2, -0.15) is 5.10 Å². The summed E-state index contributed by atoms with van der Waals surface area (Å²) < 4.78 is 12.3. The number of halogens is 1. The maximum Gasteiger partial charge on any atom is 0.235 e. The molecule has 2 N–H and O–H groups in total. The minimum Gasteiger partial charge on any atom is -0.502 e. The molecule has 0 aliphatic carbocycles. The molecule has 9 heteroatoms. The normalized spacial score (nSPS) is 15.9. The number of ether oxygens (including phenoxy) is 2. The van der Waals surface area contributed by atoms with E-state index in [1.807, 2.05) is 19.1 Å². The predicted octanol–water partition coefficient (Wildman–Crippen LogP) is 4.33. The number of nitrogens with zero attached hydrogens (tertiary/aromatic N) is 2. The van der Waals surface area contributed by atoms with Gasteiger partial charge in [-0.15, -0.1) is 11.8 Å². The molecule has 3 aromatic rings.